The highest BCUT2D eigenvalue weighted by atomic mass is 32.2. The van der Waals surface area contributed by atoms with Crippen LogP contribution in [0.25, 0.3) is 0 Å². The van der Waals surface area contributed by atoms with E-state index in [1.165, 1.54) is 11.8 Å². The molecule has 1 N–H and O–H groups in total. The van der Waals surface area contributed by atoms with Crippen molar-refractivity contribution in [2.24, 2.45) is 0 Å². The summed E-state index contributed by atoms with van der Waals surface area (Å²) in [7, 11) is -3.62. The van der Waals surface area contributed by atoms with E-state index in [-0.39, 0.29) is 15.3 Å². The van der Waals surface area contributed by atoms with Gasteiger partial charge in [-0.2, -0.15) is 4.08 Å². The van der Waals surface area contributed by atoms with Gasteiger partial charge in [0.2, 0.25) is 10.0 Å². The molecule has 2 aromatic rings. The summed E-state index contributed by atoms with van der Waals surface area (Å²) in [4.78, 5) is 3.42. The van der Waals surface area contributed by atoms with Gasteiger partial charge in [-0.15, -0.1) is 11.8 Å². The average molecular weight is 509 g/mol. The molecule has 0 saturated carbocycles. The SMILES string of the molecule is CCCCC1(CCCC)CN(c2ccccc2)c2cc(SC)c(CO)cc2S(=O)(=O)N1PC. The number of nitrogens with zero attached hydrogens (tertiary/aromatic N) is 2. The molecule has 182 valence electrons. The molecular weight excluding hydrogens is 471 g/mol. The van der Waals surface area contributed by atoms with Gasteiger partial charge in [-0.25, -0.2) is 8.42 Å². The lowest BCUT2D eigenvalue weighted by atomic mass is 9.87. The standard InChI is InChI=1S/C25H37N2O3PS2/c1-5-7-14-25(15-8-6-2)19-26(21-12-10-9-11-13-21)22-17-23(32-4)20(18-28)16-24(22)33(29,30)27(25)31-3/h9-13,16-17,28,31H,5-8,14-15,18-19H2,1-4H3. The van der Waals surface area contributed by atoms with Crippen LogP contribution in [0.3, 0.4) is 0 Å². The first-order valence-corrected chi connectivity index (χ1v) is 15.9. The molecule has 8 heteroatoms. The van der Waals surface area contributed by atoms with Crippen LogP contribution in [0.4, 0.5) is 11.4 Å². The highest BCUT2D eigenvalue weighted by molar-refractivity contribution is 7.98. The van der Waals surface area contributed by atoms with E-state index in [1.54, 1.807) is 10.1 Å². The zero-order chi connectivity index (χ0) is 24.1. The van der Waals surface area contributed by atoms with E-state index < -0.39 is 15.6 Å². The van der Waals surface area contributed by atoms with E-state index in [1.807, 2.05) is 37.2 Å². The van der Waals surface area contributed by atoms with Crippen LogP contribution in [0.15, 0.2) is 52.3 Å². The molecule has 0 fully saturated rings. The quantitative estimate of drug-likeness (QED) is 0.298. The molecule has 5 nitrogen and oxygen atoms in total. The fraction of sp³-hybridized carbons (Fsp3) is 0.520. The van der Waals surface area contributed by atoms with E-state index in [0.29, 0.717) is 22.7 Å². The third kappa shape index (κ3) is 5.28. The lowest BCUT2D eigenvalue weighted by Crippen LogP contribution is -2.52. The summed E-state index contributed by atoms with van der Waals surface area (Å²) in [6.45, 7) is 6.75. The van der Waals surface area contributed by atoms with Gasteiger partial charge >= 0.3 is 0 Å². The number of benzene rings is 2. The minimum absolute atomic E-state index is 0.133. The van der Waals surface area contributed by atoms with Crippen molar-refractivity contribution in [2.45, 2.75) is 74.3 Å². The van der Waals surface area contributed by atoms with Crippen molar-refractivity contribution in [3.63, 3.8) is 0 Å². The van der Waals surface area contributed by atoms with E-state index in [9.17, 15) is 13.5 Å². The molecule has 2 aromatic carbocycles. The maximum atomic E-state index is 14.3. The highest BCUT2D eigenvalue weighted by Gasteiger charge is 2.48. The minimum Gasteiger partial charge on any atom is -0.392 e. The largest absolute Gasteiger partial charge is 0.392 e. The van der Waals surface area contributed by atoms with Crippen LogP contribution in [-0.2, 0) is 16.6 Å². The Balaban J connectivity index is 2.35. The number of unbranched alkanes of at least 4 members (excludes halogenated alkanes) is 2. The van der Waals surface area contributed by atoms with Crippen molar-refractivity contribution >= 4 is 41.9 Å². The average Bonchev–Trinajstić information content (AvgIpc) is 2.91. The van der Waals surface area contributed by atoms with Crippen LogP contribution in [0.5, 0.6) is 0 Å². The van der Waals surface area contributed by atoms with Crippen molar-refractivity contribution in [1.82, 2.24) is 4.08 Å². The number of para-hydroxylation sites is 1. The Hall–Kier alpha value is -1.11. The Morgan fingerprint density at radius 2 is 1.73 bits per heavy atom. The molecule has 0 radical (unpaired) electrons. The van der Waals surface area contributed by atoms with Gasteiger partial charge < -0.3 is 10.0 Å². The molecule has 0 spiro atoms. The first kappa shape index (κ1) is 26.5. The van der Waals surface area contributed by atoms with E-state index >= 15 is 0 Å². The molecular formula is C25H37N2O3PS2. The van der Waals surface area contributed by atoms with Crippen molar-refractivity contribution < 1.29 is 13.5 Å². The third-order valence-corrected chi connectivity index (χ3v) is 11.2. The van der Waals surface area contributed by atoms with Gasteiger partial charge in [0.15, 0.2) is 0 Å². The number of aliphatic hydroxyl groups excluding tert-OH is 1. The van der Waals surface area contributed by atoms with Crippen LogP contribution in [0.2, 0.25) is 0 Å². The van der Waals surface area contributed by atoms with Crippen molar-refractivity contribution in [3.8, 4) is 0 Å². The Labute approximate surface area is 205 Å². The molecule has 0 aromatic heterocycles. The molecule has 1 aliphatic heterocycles. The number of thioether (sulfide) groups is 1. The second-order valence-electron chi connectivity index (χ2n) is 8.64. The minimum atomic E-state index is -3.75. The fourth-order valence-electron chi connectivity index (χ4n) is 4.81. The van der Waals surface area contributed by atoms with Crippen LogP contribution in [0, 0.1) is 0 Å². The molecule has 0 amide bonds. The predicted molar refractivity (Wildman–Crippen MR) is 143 cm³/mol. The lowest BCUT2D eigenvalue weighted by molar-refractivity contribution is 0.241. The number of sulfonamides is 1. The van der Waals surface area contributed by atoms with Crippen LogP contribution >= 0.6 is 20.5 Å². The molecule has 0 bridgehead atoms. The molecule has 1 heterocycles. The van der Waals surface area contributed by atoms with Crippen LogP contribution in [0.1, 0.15) is 57.9 Å². The van der Waals surface area contributed by atoms with Gasteiger partial charge in [-0.3, -0.25) is 0 Å². The zero-order valence-corrected chi connectivity index (χ0v) is 22.8. The summed E-state index contributed by atoms with van der Waals surface area (Å²) >= 11 is 1.54. The maximum Gasteiger partial charge on any atom is 0.248 e. The number of rotatable bonds is 10. The summed E-state index contributed by atoms with van der Waals surface area (Å²) in [6.07, 6.45) is 7.66. The molecule has 1 atom stereocenters. The maximum absolute atomic E-state index is 14.3. The topological polar surface area (TPSA) is 60.9 Å². The third-order valence-electron chi connectivity index (χ3n) is 6.49. The summed E-state index contributed by atoms with van der Waals surface area (Å²) < 4.78 is 30.3. The molecule has 33 heavy (non-hydrogen) atoms. The van der Waals surface area contributed by atoms with Crippen LogP contribution < -0.4 is 4.90 Å². The summed E-state index contributed by atoms with van der Waals surface area (Å²) in [6, 6.07) is 13.8. The number of anilines is 2. The Bertz CT molecular complexity index is 1020. The first-order valence-electron chi connectivity index (χ1n) is 11.8. The molecule has 0 saturated heterocycles. The predicted octanol–water partition coefficient (Wildman–Crippen LogP) is 6.39. The molecule has 1 unspecified atom stereocenters. The highest BCUT2D eigenvalue weighted by Crippen LogP contribution is 2.49. The lowest BCUT2D eigenvalue weighted by Gasteiger charge is -2.43. The van der Waals surface area contributed by atoms with E-state index in [4.69, 9.17) is 0 Å². The van der Waals surface area contributed by atoms with Gasteiger partial charge in [0.1, 0.15) is 4.90 Å². The number of aliphatic hydroxyl groups is 1. The second kappa shape index (κ2) is 11.5. The summed E-state index contributed by atoms with van der Waals surface area (Å²) in [5.41, 5.74) is 1.88. The van der Waals surface area contributed by atoms with Crippen molar-refractivity contribution in [3.05, 3.63) is 48.0 Å². The van der Waals surface area contributed by atoms with E-state index in [2.05, 4.69) is 30.9 Å². The summed E-state index contributed by atoms with van der Waals surface area (Å²) in [5, 5.41) is 10.00. The van der Waals surface area contributed by atoms with Crippen molar-refractivity contribution in [2.75, 3.05) is 24.4 Å². The normalized spacial score (nSPS) is 17.9. The number of fused-ring (bicyclic) bond motifs is 1. The summed E-state index contributed by atoms with van der Waals surface area (Å²) in [5.74, 6) is 0. The molecule has 0 aliphatic carbocycles. The molecule has 3 rings (SSSR count). The van der Waals surface area contributed by atoms with Gasteiger partial charge in [0, 0.05) is 17.1 Å². The smallest absolute Gasteiger partial charge is 0.248 e. The van der Waals surface area contributed by atoms with Gasteiger partial charge in [0.05, 0.1) is 17.8 Å². The van der Waals surface area contributed by atoms with Crippen molar-refractivity contribution in [1.29, 1.82) is 0 Å². The van der Waals surface area contributed by atoms with Crippen LogP contribution in [-0.4, -0.2) is 42.6 Å². The van der Waals surface area contributed by atoms with Gasteiger partial charge in [-0.05, 0) is 64.3 Å². The Morgan fingerprint density at radius 1 is 1.09 bits per heavy atom. The number of hydrogen-bond acceptors (Lipinski definition) is 5. The Kier molecular flexibility index (Phi) is 9.27. The zero-order valence-electron chi connectivity index (χ0n) is 20.2. The fourth-order valence-corrected chi connectivity index (χ4v) is 9.12. The van der Waals surface area contributed by atoms with E-state index in [0.717, 1.165) is 49.1 Å². The van der Waals surface area contributed by atoms with Gasteiger partial charge in [-0.1, -0.05) is 57.7 Å². The molecule has 1 aliphatic rings. The monoisotopic (exact) mass is 508 g/mol. The first-order chi connectivity index (χ1) is 15.9. The Morgan fingerprint density at radius 3 is 2.24 bits per heavy atom. The van der Waals surface area contributed by atoms with Gasteiger partial charge in [0.25, 0.3) is 0 Å². The second-order valence-corrected chi connectivity index (χ2v) is 12.5. The number of hydrogen-bond donors (Lipinski definition) is 1.